The van der Waals surface area contributed by atoms with Crippen molar-refractivity contribution in [3.8, 4) is 0 Å². The van der Waals surface area contributed by atoms with Crippen molar-refractivity contribution >= 4 is 56.2 Å². The van der Waals surface area contributed by atoms with Gasteiger partial charge in [-0.2, -0.15) is 0 Å². The number of aryl methyl sites for hydroxylation is 5. The van der Waals surface area contributed by atoms with E-state index in [-0.39, 0.29) is 17.5 Å². The minimum absolute atomic E-state index is 0.0737. The van der Waals surface area contributed by atoms with E-state index in [2.05, 4.69) is 158 Å². The average molecular weight is 605 g/mol. The number of hydrogen-bond donors (Lipinski definition) is 0. The van der Waals surface area contributed by atoms with Crippen LogP contribution in [0.25, 0.3) is 32.8 Å². The van der Waals surface area contributed by atoms with Crippen LogP contribution in [0.4, 0.5) is 0 Å². The van der Waals surface area contributed by atoms with Gasteiger partial charge < -0.3 is 8.80 Å². The summed E-state index contributed by atoms with van der Waals surface area (Å²) in [5.74, 6) is 0. The van der Waals surface area contributed by atoms with Gasteiger partial charge >= 0.3 is 0 Å². The quantitative estimate of drug-likeness (QED) is 0.192. The highest BCUT2D eigenvalue weighted by atomic mass is 15.1. The summed E-state index contributed by atoms with van der Waals surface area (Å²) in [5, 5.41) is 4.80. The van der Waals surface area contributed by atoms with Gasteiger partial charge in [-0.1, -0.05) is 124 Å². The van der Waals surface area contributed by atoms with Gasteiger partial charge in [0.25, 0.3) is 6.71 Å². The molecular weight excluding hydrogens is 559 g/mol. The van der Waals surface area contributed by atoms with Crippen molar-refractivity contribution in [2.45, 2.75) is 87.0 Å². The molecule has 232 valence electrons. The molecule has 0 N–H and O–H groups in total. The molecule has 0 fully saturated rings. The molecule has 0 atom stereocenters. The molecule has 5 heteroatoms. The molecule has 7 aromatic rings. The van der Waals surface area contributed by atoms with E-state index in [1.54, 1.807) is 0 Å². The van der Waals surface area contributed by atoms with Crippen molar-refractivity contribution in [1.29, 1.82) is 0 Å². The zero-order valence-corrected chi connectivity index (χ0v) is 29.3. The molecule has 4 heterocycles. The Hall–Kier alpha value is -4.38. The van der Waals surface area contributed by atoms with Gasteiger partial charge in [-0.05, 0) is 57.5 Å². The molecule has 4 nitrogen and oxygen atoms in total. The smallest absolute Gasteiger partial charge is 0.293 e. The van der Waals surface area contributed by atoms with Crippen LogP contribution < -0.4 is 16.6 Å². The van der Waals surface area contributed by atoms with E-state index in [1.165, 1.54) is 66.5 Å². The molecule has 7 rings (SSSR count). The first-order valence-corrected chi connectivity index (χ1v) is 16.6. The number of rotatable bonds is 3. The zero-order chi connectivity index (χ0) is 32.9. The molecule has 0 aliphatic rings. The molecule has 0 saturated carbocycles. The lowest BCUT2D eigenvalue weighted by Gasteiger charge is -2.23. The fraction of sp³-hybridized carbons (Fsp3) is 0.317. The van der Waals surface area contributed by atoms with E-state index in [9.17, 15) is 0 Å². The number of hydrogen-bond acceptors (Lipinski definition) is 2. The topological polar surface area (TPSA) is 34.6 Å². The van der Waals surface area contributed by atoms with Crippen LogP contribution in [0.5, 0.6) is 0 Å². The van der Waals surface area contributed by atoms with E-state index in [4.69, 9.17) is 9.97 Å². The Balaban J connectivity index is 1.66. The minimum atomic E-state index is -0.140. The summed E-state index contributed by atoms with van der Waals surface area (Å²) in [6.45, 7) is 24.9. The molecular formula is C41H45BN4. The van der Waals surface area contributed by atoms with Gasteiger partial charge in [0.15, 0.2) is 0 Å². The Morgan fingerprint density at radius 3 is 1.33 bits per heavy atom. The van der Waals surface area contributed by atoms with Gasteiger partial charge in [0.1, 0.15) is 11.3 Å². The molecule has 0 aliphatic carbocycles. The van der Waals surface area contributed by atoms with E-state index in [1.807, 2.05) is 0 Å². The summed E-state index contributed by atoms with van der Waals surface area (Å²) >= 11 is 0. The maximum absolute atomic E-state index is 5.63. The van der Waals surface area contributed by atoms with Crippen LogP contribution in [0.2, 0.25) is 0 Å². The second kappa shape index (κ2) is 10.3. The van der Waals surface area contributed by atoms with Crippen molar-refractivity contribution < 1.29 is 0 Å². The van der Waals surface area contributed by atoms with Gasteiger partial charge in [-0.3, -0.25) is 0 Å². The van der Waals surface area contributed by atoms with Crippen molar-refractivity contribution in [2.24, 2.45) is 0 Å². The number of pyridine rings is 2. The standard InChI is InChI=1S/C41H45BN4/c1-24-20-25(2)35(26(3)21-24)42(36-27(4)45-33(40(6,7)8)22-29-16-12-14-18-31(29)38(45)43-36)37-28(5)46-34(41(9,10)11)23-30-17-13-15-19-32(30)39(46)44-37/h12-23H,1-11H3. The average Bonchev–Trinajstić information content (AvgIpc) is 3.50. The maximum atomic E-state index is 5.63. The summed E-state index contributed by atoms with van der Waals surface area (Å²) in [6, 6.07) is 26.7. The van der Waals surface area contributed by atoms with Crippen molar-refractivity contribution in [3.63, 3.8) is 0 Å². The largest absolute Gasteiger partial charge is 0.301 e. The van der Waals surface area contributed by atoms with Crippen molar-refractivity contribution in [1.82, 2.24) is 18.8 Å². The van der Waals surface area contributed by atoms with E-state index >= 15 is 0 Å². The Morgan fingerprint density at radius 1 is 0.543 bits per heavy atom. The molecule has 4 aromatic heterocycles. The Labute approximate surface area is 273 Å². The summed E-state index contributed by atoms with van der Waals surface area (Å²) < 4.78 is 4.84. The van der Waals surface area contributed by atoms with Crippen LogP contribution in [-0.4, -0.2) is 25.5 Å². The van der Waals surface area contributed by atoms with Crippen molar-refractivity contribution in [3.05, 3.63) is 112 Å². The lowest BCUT2D eigenvalue weighted by molar-refractivity contribution is 0.560. The van der Waals surface area contributed by atoms with Crippen LogP contribution in [0.15, 0.2) is 72.8 Å². The molecule has 0 saturated heterocycles. The Bertz CT molecular complexity index is 2180. The molecule has 0 amide bonds. The predicted octanol–water partition coefficient (Wildman–Crippen LogP) is 7.94. The summed E-state index contributed by atoms with van der Waals surface area (Å²) in [5.41, 5.74) is 14.0. The minimum Gasteiger partial charge on any atom is -0.301 e. The molecule has 0 bridgehead atoms. The van der Waals surface area contributed by atoms with Gasteiger partial charge in [0.2, 0.25) is 0 Å². The van der Waals surface area contributed by atoms with E-state index in [0.29, 0.717) is 0 Å². The van der Waals surface area contributed by atoms with Gasteiger partial charge in [0, 0.05) is 55.6 Å². The summed E-state index contributed by atoms with van der Waals surface area (Å²) in [4.78, 5) is 11.3. The maximum Gasteiger partial charge on any atom is 0.293 e. The van der Waals surface area contributed by atoms with Crippen molar-refractivity contribution in [2.75, 3.05) is 0 Å². The lowest BCUT2D eigenvalue weighted by Crippen LogP contribution is -2.57. The summed E-state index contributed by atoms with van der Waals surface area (Å²) in [7, 11) is 0. The number of nitrogens with zero attached hydrogens (tertiary/aromatic N) is 4. The number of imidazole rings is 2. The normalized spacial score (nSPS) is 12.7. The monoisotopic (exact) mass is 604 g/mol. The highest BCUT2D eigenvalue weighted by molar-refractivity contribution is 6.95. The SMILES string of the molecule is Cc1cc(C)c(B(c2nc3c4ccccc4cc(C(C)(C)C)n3c2C)c2nc3c4ccccc4cc(C(C)(C)C)n3c2C)c(C)c1. The first-order valence-electron chi connectivity index (χ1n) is 16.6. The third-order valence-corrected chi connectivity index (χ3v) is 9.87. The number of benzene rings is 3. The van der Waals surface area contributed by atoms with Gasteiger partial charge in [-0.25, -0.2) is 9.97 Å². The lowest BCUT2D eigenvalue weighted by atomic mass is 9.38. The van der Waals surface area contributed by atoms with Crippen LogP contribution in [-0.2, 0) is 10.8 Å². The van der Waals surface area contributed by atoms with Crippen LogP contribution >= 0.6 is 0 Å². The molecule has 3 aromatic carbocycles. The second-order valence-electron chi connectivity index (χ2n) is 15.5. The fourth-order valence-corrected chi connectivity index (χ4v) is 7.76. The third-order valence-electron chi connectivity index (χ3n) is 9.87. The molecule has 0 aliphatic heterocycles. The zero-order valence-electron chi connectivity index (χ0n) is 29.3. The first kappa shape index (κ1) is 30.3. The first-order chi connectivity index (χ1) is 21.7. The highest BCUT2D eigenvalue weighted by Gasteiger charge is 2.36. The molecule has 0 unspecified atom stereocenters. The highest BCUT2D eigenvalue weighted by Crippen LogP contribution is 2.32. The summed E-state index contributed by atoms with van der Waals surface area (Å²) in [6.07, 6.45) is 0. The van der Waals surface area contributed by atoms with Crippen LogP contribution in [0, 0.1) is 34.6 Å². The van der Waals surface area contributed by atoms with E-state index in [0.717, 1.165) is 22.5 Å². The third kappa shape index (κ3) is 4.58. The van der Waals surface area contributed by atoms with Gasteiger partial charge in [0.05, 0.1) is 0 Å². The number of aromatic nitrogens is 4. The van der Waals surface area contributed by atoms with Crippen LogP contribution in [0.3, 0.4) is 0 Å². The Morgan fingerprint density at radius 2 is 0.935 bits per heavy atom. The predicted molar refractivity (Wildman–Crippen MR) is 198 cm³/mol. The van der Waals surface area contributed by atoms with Gasteiger partial charge in [-0.15, -0.1) is 0 Å². The fourth-order valence-electron chi connectivity index (χ4n) is 7.76. The second-order valence-corrected chi connectivity index (χ2v) is 15.5. The molecule has 46 heavy (non-hydrogen) atoms. The number of fused-ring (bicyclic) bond motifs is 6. The van der Waals surface area contributed by atoms with E-state index < -0.39 is 0 Å². The Kier molecular flexibility index (Phi) is 6.79. The molecule has 0 radical (unpaired) electrons. The molecule has 0 spiro atoms. The van der Waals surface area contributed by atoms with Crippen LogP contribution in [0.1, 0.15) is 81.0 Å².